The van der Waals surface area contributed by atoms with Crippen molar-refractivity contribution in [1.82, 2.24) is 10.2 Å². The van der Waals surface area contributed by atoms with Gasteiger partial charge in [-0.3, -0.25) is 0 Å². The van der Waals surface area contributed by atoms with E-state index in [0.29, 0.717) is 18.2 Å². The zero-order chi connectivity index (χ0) is 16.3. The Morgan fingerprint density at radius 2 is 2.00 bits per heavy atom. The highest BCUT2D eigenvalue weighted by molar-refractivity contribution is 5.68. The number of carbonyl (C=O) groups is 1. The highest BCUT2D eigenvalue weighted by Crippen LogP contribution is 2.22. The maximum atomic E-state index is 12.3. The zero-order valence-electron chi connectivity index (χ0n) is 14.7. The van der Waals surface area contributed by atoms with Crippen LogP contribution in [-0.2, 0) is 9.47 Å². The van der Waals surface area contributed by atoms with E-state index in [1.54, 1.807) is 0 Å². The molecule has 2 fully saturated rings. The molecule has 5 heteroatoms. The average molecular weight is 312 g/mol. The van der Waals surface area contributed by atoms with Gasteiger partial charge in [-0.15, -0.1) is 0 Å². The van der Waals surface area contributed by atoms with Gasteiger partial charge in [0.2, 0.25) is 0 Å². The van der Waals surface area contributed by atoms with Gasteiger partial charge >= 0.3 is 6.09 Å². The molecule has 2 heterocycles. The molecule has 0 spiro atoms. The molecule has 0 saturated carbocycles. The Kier molecular flexibility index (Phi) is 5.72. The van der Waals surface area contributed by atoms with Crippen LogP contribution in [0.5, 0.6) is 0 Å². The summed E-state index contributed by atoms with van der Waals surface area (Å²) in [5.41, 5.74) is -0.439. The fraction of sp³-hybridized carbons (Fsp3) is 0.941. The number of piperidine rings is 1. The molecule has 22 heavy (non-hydrogen) atoms. The van der Waals surface area contributed by atoms with Crippen LogP contribution in [0.4, 0.5) is 4.79 Å². The third kappa shape index (κ3) is 4.85. The molecule has 2 saturated heterocycles. The summed E-state index contributed by atoms with van der Waals surface area (Å²) in [5, 5.41) is 3.61. The van der Waals surface area contributed by atoms with E-state index in [2.05, 4.69) is 19.2 Å². The van der Waals surface area contributed by atoms with E-state index in [1.165, 1.54) is 0 Å². The van der Waals surface area contributed by atoms with Crippen LogP contribution in [0, 0.1) is 0 Å². The van der Waals surface area contributed by atoms with E-state index >= 15 is 0 Å². The number of hydrogen-bond acceptors (Lipinski definition) is 4. The monoisotopic (exact) mass is 312 g/mol. The predicted molar refractivity (Wildman–Crippen MR) is 87.0 cm³/mol. The molecule has 0 aromatic rings. The van der Waals surface area contributed by atoms with Gasteiger partial charge in [-0.2, -0.15) is 0 Å². The zero-order valence-corrected chi connectivity index (χ0v) is 14.7. The van der Waals surface area contributed by atoms with E-state index in [4.69, 9.17) is 9.47 Å². The maximum absolute atomic E-state index is 12.3. The van der Waals surface area contributed by atoms with Crippen LogP contribution in [0.15, 0.2) is 0 Å². The summed E-state index contributed by atoms with van der Waals surface area (Å²) in [6.07, 6.45) is 4.90. The van der Waals surface area contributed by atoms with Gasteiger partial charge in [0.15, 0.2) is 0 Å². The van der Waals surface area contributed by atoms with Crippen molar-refractivity contribution in [1.29, 1.82) is 0 Å². The molecule has 5 nitrogen and oxygen atoms in total. The Bertz CT molecular complexity index is 381. The lowest BCUT2D eigenvalue weighted by Crippen LogP contribution is -2.56. The molecule has 4 unspecified atom stereocenters. The van der Waals surface area contributed by atoms with Crippen molar-refractivity contribution in [2.75, 3.05) is 13.1 Å². The molecule has 2 rings (SSSR count). The first-order chi connectivity index (χ1) is 10.3. The summed E-state index contributed by atoms with van der Waals surface area (Å²) in [6.45, 7) is 11.6. The second kappa shape index (κ2) is 7.18. The lowest BCUT2D eigenvalue weighted by atomic mass is 9.97. The van der Waals surface area contributed by atoms with Gasteiger partial charge in [0.05, 0.1) is 12.2 Å². The highest BCUT2D eigenvalue weighted by Gasteiger charge is 2.34. The number of nitrogens with one attached hydrogen (secondary N) is 1. The first-order valence-corrected chi connectivity index (χ1v) is 8.65. The Labute approximate surface area is 134 Å². The summed E-state index contributed by atoms with van der Waals surface area (Å²) in [4.78, 5) is 14.2. The van der Waals surface area contributed by atoms with Crippen LogP contribution in [0.3, 0.4) is 0 Å². The van der Waals surface area contributed by atoms with Crippen LogP contribution < -0.4 is 5.32 Å². The maximum Gasteiger partial charge on any atom is 0.410 e. The second-order valence-corrected chi connectivity index (χ2v) is 7.72. The van der Waals surface area contributed by atoms with Crippen molar-refractivity contribution in [3.63, 3.8) is 0 Å². The Hall–Kier alpha value is -0.810. The molecule has 0 radical (unpaired) electrons. The molecule has 2 aliphatic rings. The molecule has 1 amide bonds. The normalized spacial score (nSPS) is 33.0. The summed E-state index contributed by atoms with van der Waals surface area (Å²) >= 11 is 0. The lowest BCUT2D eigenvalue weighted by Gasteiger charge is -2.40. The third-order valence-electron chi connectivity index (χ3n) is 4.54. The quantitative estimate of drug-likeness (QED) is 0.870. The molecular formula is C17H32N2O3. The largest absolute Gasteiger partial charge is 0.444 e. The molecule has 0 aromatic heterocycles. The van der Waals surface area contributed by atoms with Crippen molar-refractivity contribution in [3.05, 3.63) is 0 Å². The van der Waals surface area contributed by atoms with Crippen LogP contribution in [0.1, 0.15) is 60.3 Å². The third-order valence-corrected chi connectivity index (χ3v) is 4.54. The molecule has 0 aromatic carbocycles. The lowest BCUT2D eigenvalue weighted by molar-refractivity contribution is 0.00510. The molecule has 0 bridgehead atoms. The van der Waals surface area contributed by atoms with Crippen molar-refractivity contribution in [2.45, 2.75) is 90.2 Å². The van der Waals surface area contributed by atoms with E-state index in [0.717, 1.165) is 38.8 Å². The standard InChI is InChI=1S/C17H32N2O3/c1-12-8-9-14(21-12)11-18-15-7-6-10-19(13(15)2)16(20)22-17(3,4)5/h12-15,18H,6-11H2,1-5H3. The smallest absolute Gasteiger partial charge is 0.410 e. The topological polar surface area (TPSA) is 50.8 Å². The number of ether oxygens (including phenoxy) is 2. The van der Waals surface area contributed by atoms with Gasteiger partial charge < -0.3 is 19.7 Å². The number of hydrogen-bond donors (Lipinski definition) is 1. The van der Waals surface area contributed by atoms with Gasteiger partial charge in [-0.1, -0.05) is 0 Å². The van der Waals surface area contributed by atoms with Crippen LogP contribution in [0.25, 0.3) is 0 Å². The van der Waals surface area contributed by atoms with Crippen molar-refractivity contribution in [3.8, 4) is 0 Å². The van der Waals surface area contributed by atoms with E-state index < -0.39 is 5.60 Å². The Morgan fingerprint density at radius 3 is 2.59 bits per heavy atom. The SMILES string of the molecule is CC1CCC(CNC2CCCN(C(=O)OC(C)(C)C)C2C)O1. The average Bonchev–Trinajstić information content (AvgIpc) is 2.81. The fourth-order valence-corrected chi connectivity index (χ4v) is 3.31. The van der Waals surface area contributed by atoms with Gasteiger partial charge in [0, 0.05) is 25.2 Å². The number of likely N-dealkylation sites (tertiary alicyclic amines) is 1. The van der Waals surface area contributed by atoms with E-state index in [1.807, 2.05) is 25.7 Å². The molecular weight excluding hydrogens is 280 g/mol. The summed E-state index contributed by atoms with van der Waals surface area (Å²) < 4.78 is 11.4. The first kappa shape index (κ1) is 17.5. The number of nitrogens with zero attached hydrogens (tertiary/aromatic N) is 1. The van der Waals surface area contributed by atoms with Gasteiger partial charge in [-0.05, 0) is 60.3 Å². The number of carbonyl (C=O) groups excluding carboxylic acids is 1. The molecule has 128 valence electrons. The molecule has 1 N–H and O–H groups in total. The second-order valence-electron chi connectivity index (χ2n) is 7.72. The molecule has 2 aliphatic heterocycles. The van der Waals surface area contributed by atoms with Crippen molar-refractivity contribution in [2.24, 2.45) is 0 Å². The van der Waals surface area contributed by atoms with Crippen LogP contribution in [0.2, 0.25) is 0 Å². The van der Waals surface area contributed by atoms with Crippen molar-refractivity contribution < 1.29 is 14.3 Å². The number of amides is 1. The summed E-state index contributed by atoms with van der Waals surface area (Å²) in [6, 6.07) is 0.475. The predicted octanol–water partition coefficient (Wildman–Crippen LogP) is 2.93. The van der Waals surface area contributed by atoms with Crippen LogP contribution >= 0.6 is 0 Å². The van der Waals surface area contributed by atoms with Gasteiger partial charge in [0.25, 0.3) is 0 Å². The highest BCUT2D eigenvalue weighted by atomic mass is 16.6. The van der Waals surface area contributed by atoms with Crippen molar-refractivity contribution >= 4 is 6.09 Å². The molecule has 0 aliphatic carbocycles. The minimum Gasteiger partial charge on any atom is -0.444 e. The van der Waals surface area contributed by atoms with Gasteiger partial charge in [-0.25, -0.2) is 4.79 Å². The van der Waals surface area contributed by atoms with Crippen LogP contribution in [-0.4, -0.2) is 54.0 Å². The Morgan fingerprint density at radius 1 is 1.27 bits per heavy atom. The summed E-state index contributed by atoms with van der Waals surface area (Å²) in [5.74, 6) is 0. The fourth-order valence-electron chi connectivity index (χ4n) is 3.31. The summed E-state index contributed by atoms with van der Waals surface area (Å²) in [7, 11) is 0. The van der Waals surface area contributed by atoms with Gasteiger partial charge in [0.1, 0.15) is 5.60 Å². The minimum absolute atomic E-state index is 0.155. The Balaban J connectivity index is 1.84. The number of rotatable bonds is 3. The van der Waals surface area contributed by atoms with E-state index in [9.17, 15) is 4.79 Å². The first-order valence-electron chi connectivity index (χ1n) is 8.65. The van der Waals surface area contributed by atoms with E-state index in [-0.39, 0.29) is 12.1 Å². The molecule has 4 atom stereocenters. The minimum atomic E-state index is -0.439.